The molecule has 2 atom stereocenters. The number of quaternary nitrogens is 1. The fourth-order valence-corrected chi connectivity index (χ4v) is 1.67. The van der Waals surface area contributed by atoms with Crippen molar-refractivity contribution in [3.63, 3.8) is 0 Å². The molecule has 1 N–H and O–H groups in total. The molecule has 2 unspecified atom stereocenters. The van der Waals surface area contributed by atoms with Gasteiger partial charge in [-0.15, -0.1) is 0 Å². The maximum absolute atomic E-state index is 13.9. The molecule has 0 aliphatic rings. The first-order valence-electron chi connectivity index (χ1n) is 7.40. The highest BCUT2D eigenvalue weighted by atomic mass is 19.4. The van der Waals surface area contributed by atoms with Gasteiger partial charge in [-0.2, -0.15) is 48.3 Å². The van der Waals surface area contributed by atoms with E-state index in [1.165, 1.54) is 21.0 Å². The van der Waals surface area contributed by atoms with Crippen LogP contribution in [0.3, 0.4) is 0 Å². The van der Waals surface area contributed by atoms with E-state index in [2.05, 4.69) is 9.47 Å². The molecule has 0 saturated heterocycles. The molecule has 5 nitrogen and oxygen atoms in total. The monoisotopic (exact) mass is 460 g/mol. The molecule has 0 radical (unpaired) electrons. The van der Waals surface area contributed by atoms with E-state index in [-0.39, 0.29) is 0 Å². The Balaban J connectivity index is 5.45. The lowest BCUT2D eigenvalue weighted by Gasteiger charge is -2.36. The molecular weight excluding hydrogens is 443 g/mol. The van der Waals surface area contributed by atoms with Crippen molar-refractivity contribution in [2.45, 2.75) is 43.2 Å². The molecule has 0 heterocycles. The predicted molar refractivity (Wildman–Crippen MR) is 71.8 cm³/mol. The SMILES string of the molecule is CC(COCC(F)(OC(F)(F)C(F)(F)C(F)(F)F)C(F)(F)F)[N+](C)(C)CC(=O)O. The molecule has 0 aromatic rings. The fraction of sp³-hybridized carbons (Fsp3) is 0.923. The molecule has 0 bridgehead atoms. The standard InChI is InChI=1S/C13H16F11NO4/c1-7(25(2,3)4-8(26)27)5-28-6-9(14,11(17,18)19)29-13(23,24)10(15,16)12(20,21)22/h7H,4-6H2,1-3H3/p+1. The zero-order chi connectivity index (χ0) is 23.7. The number of nitrogens with zero attached hydrogens (tertiary/aromatic N) is 1. The largest absolute Gasteiger partial charge is 0.477 e. The molecular formula is C13H17F11NO4+. The molecule has 0 aromatic carbocycles. The molecule has 174 valence electrons. The molecule has 0 saturated carbocycles. The first-order chi connectivity index (χ1) is 12.5. The minimum absolute atomic E-state index is 0.441. The van der Waals surface area contributed by atoms with E-state index in [0.29, 0.717) is 0 Å². The van der Waals surface area contributed by atoms with Crippen molar-refractivity contribution in [3.8, 4) is 0 Å². The van der Waals surface area contributed by atoms with Gasteiger partial charge in [-0.3, -0.25) is 4.74 Å². The van der Waals surface area contributed by atoms with Crippen molar-refractivity contribution in [2.75, 3.05) is 33.9 Å². The maximum atomic E-state index is 13.9. The van der Waals surface area contributed by atoms with E-state index in [1.54, 1.807) is 0 Å². The lowest BCUT2D eigenvalue weighted by Crippen LogP contribution is -2.60. The van der Waals surface area contributed by atoms with Crippen molar-refractivity contribution in [1.82, 2.24) is 0 Å². The number of ether oxygens (including phenoxy) is 2. The minimum atomic E-state index is -7.14. The third kappa shape index (κ3) is 6.53. The summed E-state index contributed by atoms with van der Waals surface area (Å²) in [7, 11) is 2.53. The molecule has 29 heavy (non-hydrogen) atoms. The van der Waals surface area contributed by atoms with Gasteiger partial charge >= 0.3 is 36.2 Å². The Labute approximate surface area is 156 Å². The highest BCUT2D eigenvalue weighted by molar-refractivity contribution is 5.67. The van der Waals surface area contributed by atoms with Crippen LogP contribution in [0.4, 0.5) is 48.3 Å². The van der Waals surface area contributed by atoms with Crippen molar-refractivity contribution >= 4 is 5.97 Å². The quantitative estimate of drug-likeness (QED) is 0.400. The molecule has 0 amide bonds. The van der Waals surface area contributed by atoms with E-state index in [1.807, 2.05) is 0 Å². The van der Waals surface area contributed by atoms with Gasteiger partial charge in [-0.05, 0) is 6.92 Å². The number of hydrogen-bond acceptors (Lipinski definition) is 3. The Hall–Kier alpha value is -1.42. The second kappa shape index (κ2) is 8.37. The highest BCUT2D eigenvalue weighted by Gasteiger charge is 2.78. The average molecular weight is 460 g/mol. The van der Waals surface area contributed by atoms with Gasteiger partial charge in [0.25, 0.3) is 0 Å². The first-order valence-corrected chi connectivity index (χ1v) is 7.40. The van der Waals surface area contributed by atoms with E-state index < -0.39 is 66.5 Å². The van der Waals surface area contributed by atoms with Crippen molar-refractivity contribution in [3.05, 3.63) is 0 Å². The summed E-state index contributed by atoms with van der Waals surface area (Å²) in [4.78, 5) is 10.7. The lowest BCUT2D eigenvalue weighted by molar-refractivity contribution is -0.906. The minimum Gasteiger partial charge on any atom is -0.477 e. The second-order valence-electron chi connectivity index (χ2n) is 6.61. The Morgan fingerprint density at radius 3 is 1.72 bits per heavy atom. The van der Waals surface area contributed by atoms with Gasteiger partial charge in [-0.1, -0.05) is 0 Å². The summed E-state index contributed by atoms with van der Waals surface area (Å²) >= 11 is 0. The zero-order valence-corrected chi connectivity index (χ0v) is 15.0. The van der Waals surface area contributed by atoms with Gasteiger partial charge in [0, 0.05) is 0 Å². The van der Waals surface area contributed by atoms with E-state index in [0.717, 1.165) is 0 Å². The van der Waals surface area contributed by atoms with Crippen LogP contribution in [-0.2, 0) is 14.3 Å². The number of hydrogen-bond donors (Lipinski definition) is 1. The topological polar surface area (TPSA) is 55.8 Å². The zero-order valence-electron chi connectivity index (χ0n) is 15.0. The van der Waals surface area contributed by atoms with Crippen LogP contribution in [0.25, 0.3) is 0 Å². The normalized spacial score (nSPS) is 17.7. The third-order valence-corrected chi connectivity index (χ3v) is 3.82. The third-order valence-electron chi connectivity index (χ3n) is 3.82. The predicted octanol–water partition coefficient (Wildman–Crippen LogP) is 3.59. The Kier molecular flexibility index (Phi) is 7.96. The van der Waals surface area contributed by atoms with Crippen LogP contribution in [0, 0.1) is 0 Å². The Morgan fingerprint density at radius 1 is 0.931 bits per heavy atom. The summed E-state index contributed by atoms with van der Waals surface area (Å²) < 4.78 is 146. The van der Waals surface area contributed by atoms with Gasteiger partial charge in [0.15, 0.2) is 6.54 Å². The van der Waals surface area contributed by atoms with Crippen LogP contribution in [0.15, 0.2) is 0 Å². The molecule has 0 aliphatic heterocycles. The Morgan fingerprint density at radius 2 is 1.38 bits per heavy atom. The summed E-state index contributed by atoms with van der Waals surface area (Å²) in [5.74, 6) is -14.2. The van der Waals surface area contributed by atoms with Gasteiger partial charge in [0.1, 0.15) is 12.6 Å². The molecule has 0 aromatic heterocycles. The molecule has 0 aliphatic carbocycles. The Bertz CT molecular complexity index is 576. The summed E-state index contributed by atoms with van der Waals surface area (Å²) in [6.45, 7) is -2.80. The number of carboxylic acids is 1. The van der Waals surface area contributed by atoms with Gasteiger partial charge in [0.2, 0.25) is 0 Å². The van der Waals surface area contributed by atoms with Crippen molar-refractivity contribution in [2.24, 2.45) is 0 Å². The van der Waals surface area contributed by atoms with Gasteiger partial charge in [-0.25, -0.2) is 4.79 Å². The second-order valence-corrected chi connectivity index (χ2v) is 6.61. The summed E-state index contributed by atoms with van der Waals surface area (Å²) in [6.07, 6.45) is -20.5. The maximum Gasteiger partial charge on any atom is 0.462 e. The average Bonchev–Trinajstić information content (AvgIpc) is 2.42. The number of carboxylic acid groups (broad SMARTS) is 1. The van der Waals surface area contributed by atoms with Crippen molar-refractivity contribution in [1.29, 1.82) is 0 Å². The number of aliphatic carboxylic acids is 1. The van der Waals surface area contributed by atoms with E-state index >= 15 is 0 Å². The van der Waals surface area contributed by atoms with Gasteiger partial charge < -0.3 is 14.3 Å². The van der Waals surface area contributed by atoms with Crippen LogP contribution < -0.4 is 0 Å². The van der Waals surface area contributed by atoms with Gasteiger partial charge in [0.05, 0.1) is 20.7 Å². The summed E-state index contributed by atoms with van der Waals surface area (Å²) in [6, 6.07) is -0.985. The molecule has 16 heteroatoms. The van der Waals surface area contributed by atoms with Crippen LogP contribution in [0.2, 0.25) is 0 Å². The summed E-state index contributed by atoms with van der Waals surface area (Å²) in [5.41, 5.74) is 0. The number of carbonyl (C=O) groups is 1. The van der Waals surface area contributed by atoms with Crippen molar-refractivity contribution < 1.29 is 72.2 Å². The number of alkyl halides is 11. The van der Waals surface area contributed by atoms with Crippen LogP contribution in [0.5, 0.6) is 0 Å². The van der Waals surface area contributed by atoms with Crippen LogP contribution in [0.1, 0.15) is 6.92 Å². The molecule has 0 fully saturated rings. The van der Waals surface area contributed by atoms with E-state index in [9.17, 15) is 53.1 Å². The smallest absolute Gasteiger partial charge is 0.462 e. The molecule has 0 spiro atoms. The number of halogens is 11. The highest BCUT2D eigenvalue weighted by Crippen LogP contribution is 2.50. The lowest BCUT2D eigenvalue weighted by atomic mass is 10.2. The number of likely N-dealkylation sites (N-methyl/N-ethyl adjacent to an activating group) is 1. The molecule has 0 rings (SSSR count). The first kappa shape index (κ1) is 27.6. The fourth-order valence-electron chi connectivity index (χ4n) is 1.67. The van der Waals surface area contributed by atoms with E-state index in [4.69, 9.17) is 5.11 Å². The van der Waals surface area contributed by atoms with Crippen LogP contribution >= 0.6 is 0 Å². The number of rotatable bonds is 10. The van der Waals surface area contributed by atoms with Crippen LogP contribution in [-0.4, -0.2) is 85.7 Å². The summed E-state index contributed by atoms with van der Waals surface area (Å²) in [5, 5.41) is 8.70.